The summed E-state index contributed by atoms with van der Waals surface area (Å²) < 4.78 is 14.1. The van der Waals surface area contributed by atoms with Crippen molar-refractivity contribution < 1.29 is 4.39 Å². The van der Waals surface area contributed by atoms with Gasteiger partial charge in [0.25, 0.3) is 0 Å². The Hall–Kier alpha value is -4.04. The number of halogens is 4. The second-order valence-electron chi connectivity index (χ2n) is 16.1. The maximum Gasteiger partial charge on any atom is 0.143 e. The van der Waals surface area contributed by atoms with Gasteiger partial charge < -0.3 is 27.0 Å². The van der Waals surface area contributed by atoms with Crippen LogP contribution in [0.15, 0.2) is 140 Å². The van der Waals surface area contributed by atoms with E-state index in [4.69, 9.17) is 28.8 Å². The Morgan fingerprint density at radius 2 is 1.07 bits per heavy atom. The molecule has 3 aromatic carbocycles. The number of hydrogen-bond donors (Lipinski definition) is 3. The second kappa shape index (κ2) is 18.5. The third-order valence-electron chi connectivity index (χ3n) is 12.7. The number of nitrogens with zero attached hydrogens (tertiary/aromatic N) is 5. The molecule has 2 fully saturated rings. The largest absolute Gasteiger partial charge is 0.382 e. The fraction of sp³-hybridized carbons (Fsp3) is 0.298. The van der Waals surface area contributed by atoms with Gasteiger partial charge in [-0.05, 0) is 151 Å². The highest BCUT2D eigenvalue weighted by Gasteiger charge is 2.47. The zero-order valence-electron chi connectivity index (χ0n) is 33.2. The highest BCUT2D eigenvalue weighted by atomic mass is 79.9. The summed E-state index contributed by atoms with van der Waals surface area (Å²) in [5, 5.41) is 0.510. The lowest BCUT2D eigenvalue weighted by Gasteiger charge is -2.43. The summed E-state index contributed by atoms with van der Waals surface area (Å²) in [6.45, 7) is 4.18. The fourth-order valence-electron chi connectivity index (χ4n) is 9.16. The molecule has 0 amide bonds. The summed E-state index contributed by atoms with van der Waals surface area (Å²) in [7, 11) is 0. The quantitative estimate of drug-likeness (QED) is 0.158. The predicted molar refractivity (Wildman–Crippen MR) is 250 cm³/mol. The Bertz CT molecular complexity index is 2370. The lowest BCUT2D eigenvalue weighted by molar-refractivity contribution is 0.187. The molecule has 0 bridgehead atoms. The molecule has 2 aliphatic carbocycles. The Labute approximate surface area is 377 Å². The van der Waals surface area contributed by atoms with Gasteiger partial charge in [-0.25, -0.2) is 9.37 Å². The number of fused-ring (bicyclic) bond motifs is 2. The Morgan fingerprint density at radius 1 is 0.617 bits per heavy atom. The molecule has 2 aliphatic heterocycles. The normalized spacial score (nSPS) is 19.5. The average molecular weight is 971 g/mol. The Kier molecular flexibility index (Phi) is 13.2. The first-order valence-corrected chi connectivity index (χ1v) is 23.0. The van der Waals surface area contributed by atoms with Gasteiger partial charge in [-0.3, -0.25) is 9.97 Å². The minimum atomic E-state index is -0.201. The van der Waals surface area contributed by atoms with Crippen molar-refractivity contribution in [1.82, 2.24) is 15.0 Å². The number of rotatable bonds is 4. The lowest BCUT2D eigenvalue weighted by atomic mass is 9.73. The topological polar surface area (TPSA) is 123 Å². The standard InChI is InChI=1S/C23H24ClN5S.C18H20BrN3.C6H4BrF/c24-20-19(7-11-28-22(20)26)30-16-5-3-15(4-6-16)29-12-8-23(9-13-29)14-18-17(21(23)25)2-1-10-27-18;19-13-3-5-14(6-4-13)22-10-7-18(8-11-22)12-16-15(17(18)20)2-1-9-21-16;7-5-1-3-6(8)4-2-5/h1-7,10-11,21H,8-9,12-14,25H2,(H2,26,28);1-6,9,17H,7-8,10-12,20H2;1-4H/t21-;17-;/m11./s1. The van der Waals surface area contributed by atoms with Crippen molar-refractivity contribution in [2.75, 3.05) is 41.7 Å². The van der Waals surface area contributed by atoms with E-state index in [0.29, 0.717) is 10.8 Å². The maximum atomic E-state index is 12.1. The number of anilines is 3. The van der Waals surface area contributed by atoms with Gasteiger partial charge in [0.2, 0.25) is 0 Å². The Morgan fingerprint density at radius 3 is 1.52 bits per heavy atom. The molecule has 4 aliphatic rings. The third kappa shape index (κ3) is 9.24. The number of pyridine rings is 3. The van der Waals surface area contributed by atoms with Crippen LogP contribution >= 0.6 is 55.2 Å². The smallest absolute Gasteiger partial charge is 0.143 e. The molecule has 2 saturated heterocycles. The molecular weight excluding hydrogens is 923 g/mol. The van der Waals surface area contributed by atoms with Crippen molar-refractivity contribution in [2.24, 2.45) is 22.3 Å². The number of nitrogens with two attached hydrogens (primary N) is 3. The van der Waals surface area contributed by atoms with Crippen LogP contribution in [0.5, 0.6) is 0 Å². The zero-order valence-corrected chi connectivity index (χ0v) is 37.9. The number of nitrogen functional groups attached to an aromatic ring is 1. The van der Waals surface area contributed by atoms with Gasteiger partial charge >= 0.3 is 0 Å². The van der Waals surface area contributed by atoms with Crippen molar-refractivity contribution in [3.63, 3.8) is 0 Å². The first-order chi connectivity index (χ1) is 29.0. The van der Waals surface area contributed by atoms with Crippen LogP contribution in [0.3, 0.4) is 0 Å². The van der Waals surface area contributed by atoms with Crippen LogP contribution in [0.4, 0.5) is 21.6 Å². The van der Waals surface area contributed by atoms with E-state index in [9.17, 15) is 4.39 Å². The van der Waals surface area contributed by atoms with Crippen LogP contribution in [0.2, 0.25) is 5.02 Å². The number of aromatic nitrogens is 3. The van der Waals surface area contributed by atoms with E-state index < -0.39 is 0 Å². The van der Waals surface area contributed by atoms with Crippen molar-refractivity contribution in [3.05, 3.63) is 164 Å². The molecule has 13 heteroatoms. The first-order valence-electron chi connectivity index (χ1n) is 20.3. The molecule has 0 saturated carbocycles. The molecular formula is C47H48Br2ClFN8S. The minimum absolute atomic E-state index is 0.0969. The molecule has 8 nitrogen and oxygen atoms in total. The molecule has 10 rings (SSSR count). The molecule has 0 radical (unpaired) electrons. The summed E-state index contributed by atoms with van der Waals surface area (Å²) in [6, 6.07) is 33.8. The monoisotopic (exact) mass is 968 g/mol. The number of benzene rings is 3. The van der Waals surface area contributed by atoms with Gasteiger partial charge in [0, 0.05) is 98.4 Å². The summed E-state index contributed by atoms with van der Waals surface area (Å²) in [5.41, 5.74) is 26.9. The molecule has 6 N–H and O–H groups in total. The van der Waals surface area contributed by atoms with Crippen molar-refractivity contribution >= 4 is 72.4 Å². The van der Waals surface area contributed by atoms with Gasteiger partial charge in [-0.15, -0.1) is 0 Å². The van der Waals surface area contributed by atoms with Crippen LogP contribution in [-0.2, 0) is 12.8 Å². The molecule has 2 atom stereocenters. The van der Waals surface area contributed by atoms with E-state index in [0.717, 1.165) is 83.4 Å². The van der Waals surface area contributed by atoms with Crippen LogP contribution in [0.1, 0.15) is 60.3 Å². The van der Waals surface area contributed by atoms with E-state index in [-0.39, 0.29) is 28.7 Å². The zero-order chi connectivity index (χ0) is 41.9. The van der Waals surface area contributed by atoms with E-state index in [2.05, 4.69) is 117 Å². The minimum Gasteiger partial charge on any atom is -0.382 e. The molecule has 5 heterocycles. The predicted octanol–water partition coefficient (Wildman–Crippen LogP) is 11.0. The third-order valence-corrected chi connectivity index (χ3v) is 15.3. The van der Waals surface area contributed by atoms with Gasteiger partial charge in [0.05, 0.1) is 5.02 Å². The van der Waals surface area contributed by atoms with Crippen LogP contribution in [0.25, 0.3) is 0 Å². The van der Waals surface area contributed by atoms with Crippen LogP contribution in [0, 0.1) is 16.6 Å². The van der Waals surface area contributed by atoms with E-state index in [1.54, 1.807) is 30.1 Å². The first kappa shape index (κ1) is 42.6. The molecule has 2 spiro atoms. The molecule has 6 aromatic rings. The molecule has 0 unspecified atom stereocenters. The Balaban J connectivity index is 0.000000145. The van der Waals surface area contributed by atoms with E-state index >= 15 is 0 Å². The van der Waals surface area contributed by atoms with Gasteiger partial charge in [0.15, 0.2) is 0 Å². The lowest BCUT2D eigenvalue weighted by Crippen LogP contribution is -2.44. The number of piperidine rings is 2. The summed E-state index contributed by atoms with van der Waals surface area (Å²) in [4.78, 5) is 20.1. The van der Waals surface area contributed by atoms with Crippen molar-refractivity contribution in [3.8, 4) is 0 Å². The average Bonchev–Trinajstić information content (AvgIpc) is 3.70. The summed E-state index contributed by atoms with van der Waals surface area (Å²) >= 11 is 14.5. The summed E-state index contributed by atoms with van der Waals surface area (Å²) in [5.74, 6) is 0.163. The van der Waals surface area contributed by atoms with Gasteiger partial charge in [-0.2, -0.15) is 0 Å². The van der Waals surface area contributed by atoms with Gasteiger partial charge in [-0.1, -0.05) is 67.4 Å². The van der Waals surface area contributed by atoms with Crippen molar-refractivity contribution in [2.45, 2.75) is 60.4 Å². The maximum absolute atomic E-state index is 12.1. The molecule has 310 valence electrons. The van der Waals surface area contributed by atoms with Crippen LogP contribution < -0.4 is 27.0 Å². The fourth-order valence-corrected chi connectivity index (χ4v) is 10.8. The highest BCUT2D eigenvalue weighted by Crippen LogP contribution is 2.52. The molecule has 3 aromatic heterocycles. The SMILES string of the molecule is Fc1ccc(Br)cc1.N[C@@H]1c2cccnc2CC12CCN(c1ccc(Br)cc1)CC2.Nc1nccc(Sc2ccc(N3CCC4(CC3)Cc3ncccc3[C@H]4N)cc2)c1Cl. The second-order valence-corrected chi connectivity index (χ2v) is 19.4. The summed E-state index contributed by atoms with van der Waals surface area (Å²) in [6.07, 6.45) is 12.0. The highest BCUT2D eigenvalue weighted by molar-refractivity contribution is 9.10. The van der Waals surface area contributed by atoms with Crippen molar-refractivity contribution in [1.29, 1.82) is 0 Å². The van der Waals surface area contributed by atoms with Crippen LogP contribution in [-0.4, -0.2) is 41.1 Å². The van der Waals surface area contributed by atoms with E-state index in [1.807, 2.05) is 30.6 Å². The molecule has 60 heavy (non-hydrogen) atoms. The van der Waals surface area contributed by atoms with Gasteiger partial charge in [0.1, 0.15) is 11.6 Å². The van der Waals surface area contributed by atoms with E-state index in [1.165, 1.54) is 46.0 Å². The number of hydrogen-bond acceptors (Lipinski definition) is 9.